The van der Waals surface area contributed by atoms with E-state index in [1.54, 1.807) is 0 Å². The predicted molar refractivity (Wildman–Crippen MR) is 219 cm³/mol. The number of carbonyl (C=O) groups is 1. The standard InChI is InChI=1S/C30H24NS2.C15H28O2.Ir/c1-18-17-32-28-15-20(9-10-22(18)28)27-16-24-26(33-27)11-12-31-29(24)21-13-19-7-5-6-8-23(19)25(14-21)30(2,3)4;1-7-14(5,8-2)12(16)11-13(17)15(6,9-3)10-4;/h5-12,14-17H,1-4H3;11,16H,7-10H2,1-6H3;/q-1;;/b;12-11-;. The summed E-state index contributed by atoms with van der Waals surface area (Å²) in [5.74, 6) is 0.286. The van der Waals surface area contributed by atoms with Gasteiger partial charge in [0.05, 0.1) is 0 Å². The van der Waals surface area contributed by atoms with E-state index < -0.39 is 0 Å². The summed E-state index contributed by atoms with van der Waals surface area (Å²) in [5.41, 5.74) is 5.47. The summed E-state index contributed by atoms with van der Waals surface area (Å²) in [6, 6.07) is 25.8. The van der Waals surface area contributed by atoms with Crippen LogP contribution in [-0.2, 0) is 30.3 Å². The second-order valence-corrected chi connectivity index (χ2v) is 17.1. The number of hydrogen-bond donors (Lipinski definition) is 1. The number of pyridine rings is 1. The van der Waals surface area contributed by atoms with Gasteiger partial charge in [0.2, 0.25) is 0 Å². The van der Waals surface area contributed by atoms with Gasteiger partial charge in [0, 0.05) is 63.2 Å². The normalized spacial score (nSPS) is 12.5. The maximum Gasteiger partial charge on any atom is 0.164 e. The summed E-state index contributed by atoms with van der Waals surface area (Å²) >= 11 is 3.66. The molecular weight excluding hydrogens is 843 g/mol. The number of thiophene rings is 2. The van der Waals surface area contributed by atoms with Gasteiger partial charge in [-0.15, -0.1) is 51.8 Å². The molecule has 1 N–H and O–H groups in total. The van der Waals surface area contributed by atoms with Gasteiger partial charge in [-0.05, 0) is 83.5 Å². The predicted octanol–water partition coefficient (Wildman–Crippen LogP) is 14.1. The number of benzene rings is 3. The van der Waals surface area contributed by atoms with Gasteiger partial charge in [-0.1, -0.05) is 104 Å². The van der Waals surface area contributed by atoms with Crippen molar-refractivity contribution in [3.05, 3.63) is 101 Å². The van der Waals surface area contributed by atoms with E-state index in [-0.39, 0.29) is 47.9 Å². The molecule has 0 saturated carbocycles. The number of rotatable bonds is 9. The topological polar surface area (TPSA) is 50.2 Å². The van der Waals surface area contributed by atoms with Crippen LogP contribution < -0.4 is 0 Å². The summed E-state index contributed by atoms with van der Waals surface area (Å²) in [4.78, 5) is 18.3. The smallest absolute Gasteiger partial charge is 0.164 e. The van der Waals surface area contributed by atoms with Crippen LogP contribution in [0.5, 0.6) is 0 Å². The molecule has 0 aliphatic heterocycles. The zero-order valence-electron chi connectivity index (χ0n) is 31.8. The fourth-order valence-electron chi connectivity index (χ4n) is 6.30. The summed E-state index contributed by atoms with van der Waals surface area (Å²) in [5, 5.41) is 17.3. The van der Waals surface area contributed by atoms with Crippen molar-refractivity contribution in [3.63, 3.8) is 0 Å². The van der Waals surface area contributed by atoms with E-state index in [4.69, 9.17) is 4.98 Å². The van der Waals surface area contributed by atoms with Crippen LogP contribution in [0.4, 0.5) is 0 Å². The first-order valence-electron chi connectivity index (χ1n) is 18.0. The zero-order chi connectivity index (χ0) is 36.4. The van der Waals surface area contributed by atoms with Crippen molar-refractivity contribution in [1.82, 2.24) is 4.98 Å². The van der Waals surface area contributed by atoms with Gasteiger partial charge in [0.15, 0.2) is 5.78 Å². The van der Waals surface area contributed by atoms with Crippen molar-refractivity contribution in [2.45, 2.75) is 100 Å². The fraction of sp³-hybridized carbons (Fsp3) is 0.378. The van der Waals surface area contributed by atoms with Crippen molar-refractivity contribution in [2.24, 2.45) is 10.8 Å². The second-order valence-electron chi connectivity index (χ2n) is 15.1. The van der Waals surface area contributed by atoms with Crippen molar-refractivity contribution in [3.8, 4) is 21.7 Å². The van der Waals surface area contributed by atoms with Crippen LogP contribution in [0.1, 0.15) is 99.1 Å². The second kappa shape index (κ2) is 16.3. The number of aromatic nitrogens is 1. The first kappa shape index (κ1) is 40.6. The number of aryl methyl sites for hydroxylation is 1. The molecule has 6 aromatic rings. The Bertz CT molecular complexity index is 2170. The van der Waals surface area contributed by atoms with Crippen LogP contribution in [0, 0.1) is 23.8 Å². The molecule has 0 aliphatic carbocycles. The van der Waals surface area contributed by atoms with E-state index in [1.807, 2.05) is 70.4 Å². The molecule has 6 heteroatoms. The summed E-state index contributed by atoms with van der Waals surface area (Å²) in [7, 11) is 0. The molecule has 271 valence electrons. The molecule has 0 unspecified atom stereocenters. The van der Waals surface area contributed by atoms with Crippen molar-refractivity contribution in [2.75, 3.05) is 0 Å². The molecule has 0 aliphatic rings. The maximum absolute atomic E-state index is 12.2. The number of carbonyl (C=O) groups excluding carboxylic acids is 1. The Morgan fingerprint density at radius 1 is 0.824 bits per heavy atom. The monoisotopic (exact) mass is 895 g/mol. The Labute approximate surface area is 326 Å². The molecule has 0 spiro atoms. The molecule has 0 fully saturated rings. The molecular formula is C45H52IrNO2S2-. The third-order valence-electron chi connectivity index (χ3n) is 10.9. The van der Waals surface area contributed by atoms with Gasteiger partial charge >= 0.3 is 0 Å². The average molecular weight is 895 g/mol. The first-order valence-corrected chi connectivity index (χ1v) is 19.7. The number of nitrogens with zero attached hydrogens (tertiary/aromatic N) is 1. The third-order valence-corrected chi connectivity index (χ3v) is 13.2. The van der Waals surface area contributed by atoms with E-state index in [1.165, 1.54) is 53.2 Å². The molecule has 0 bridgehead atoms. The largest absolute Gasteiger partial charge is 0.512 e. The molecule has 3 aromatic heterocycles. The molecule has 0 amide bonds. The van der Waals surface area contributed by atoms with Crippen molar-refractivity contribution >= 4 is 59.4 Å². The number of hydrogen-bond acceptors (Lipinski definition) is 5. The molecule has 3 aromatic carbocycles. The quantitative estimate of drug-likeness (QED) is 0.0894. The minimum absolute atomic E-state index is 0. The third kappa shape index (κ3) is 8.41. The van der Waals surface area contributed by atoms with Crippen molar-refractivity contribution in [1.29, 1.82) is 0 Å². The molecule has 6 rings (SSSR count). The van der Waals surface area contributed by atoms with Crippen LogP contribution in [0.2, 0.25) is 0 Å². The van der Waals surface area contributed by atoms with Crippen LogP contribution in [0.25, 0.3) is 52.6 Å². The molecule has 0 saturated heterocycles. The van der Waals surface area contributed by atoms with E-state index in [2.05, 4.69) is 99.8 Å². The minimum atomic E-state index is -0.337. The Balaban J connectivity index is 0.000000279. The van der Waals surface area contributed by atoms with E-state index in [0.717, 1.165) is 42.3 Å². The van der Waals surface area contributed by atoms with Gasteiger partial charge in [-0.2, -0.15) is 0 Å². The summed E-state index contributed by atoms with van der Waals surface area (Å²) in [6.07, 6.45) is 6.69. The van der Waals surface area contributed by atoms with Crippen molar-refractivity contribution < 1.29 is 30.0 Å². The molecule has 3 heterocycles. The molecule has 1 radical (unpaired) electrons. The zero-order valence-corrected chi connectivity index (χ0v) is 35.8. The Morgan fingerprint density at radius 2 is 1.49 bits per heavy atom. The van der Waals surface area contributed by atoms with E-state index in [0.29, 0.717) is 0 Å². The molecule has 0 atom stereocenters. The number of aliphatic hydroxyl groups excluding tert-OH is 1. The summed E-state index contributed by atoms with van der Waals surface area (Å²) in [6.45, 7) is 21.1. The van der Waals surface area contributed by atoms with E-state index in [9.17, 15) is 9.90 Å². The first-order chi connectivity index (χ1) is 23.7. The SMILES string of the molecule is CCC(C)(CC)C(=O)/C=C(\O)C(C)(CC)CC.Cc1csc2cc(-c3cc4c(-c5[c-]c6ccccc6c(C(C)(C)C)c5)nccc4s3)ccc12.[Ir]. The van der Waals surface area contributed by atoms with Gasteiger partial charge < -0.3 is 5.11 Å². The molecule has 3 nitrogen and oxygen atoms in total. The van der Waals surface area contributed by atoms with Crippen LogP contribution in [0.15, 0.2) is 84.1 Å². The fourth-order valence-corrected chi connectivity index (χ4v) is 8.33. The maximum atomic E-state index is 12.2. The Morgan fingerprint density at radius 3 is 2.14 bits per heavy atom. The number of fused-ring (bicyclic) bond motifs is 3. The van der Waals surface area contributed by atoms with Gasteiger partial charge in [-0.25, -0.2) is 0 Å². The van der Waals surface area contributed by atoms with Gasteiger partial charge in [0.25, 0.3) is 0 Å². The average Bonchev–Trinajstić information content (AvgIpc) is 3.73. The van der Waals surface area contributed by atoms with Gasteiger partial charge in [0.1, 0.15) is 5.76 Å². The minimum Gasteiger partial charge on any atom is -0.512 e. The number of aliphatic hydroxyl groups is 1. The van der Waals surface area contributed by atoms with Gasteiger partial charge in [-0.3, -0.25) is 9.78 Å². The Hall–Kier alpha value is -3.15. The van der Waals surface area contributed by atoms with Crippen LogP contribution in [0.3, 0.4) is 0 Å². The number of ketones is 1. The van der Waals surface area contributed by atoms with Crippen LogP contribution >= 0.6 is 22.7 Å². The summed E-state index contributed by atoms with van der Waals surface area (Å²) < 4.78 is 2.61. The molecule has 51 heavy (non-hydrogen) atoms. The van der Waals surface area contributed by atoms with Crippen LogP contribution in [-0.4, -0.2) is 15.9 Å². The Kier molecular flexibility index (Phi) is 12.9. The number of allylic oxidation sites excluding steroid dienone is 2. The van der Waals surface area contributed by atoms with E-state index >= 15 is 0 Å².